The number of phenols is 7. The number of carbonyl (C=O) groups excluding carboxylic acids is 6. The molecule has 21 nitrogen and oxygen atoms in total. The number of ether oxygens (including phenoxy) is 8. The Morgan fingerprint density at radius 3 is 0.955 bits per heavy atom. The van der Waals surface area contributed by atoms with Gasteiger partial charge in [0, 0.05) is 46.2 Å². The van der Waals surface area contributed by atoms with Gasteiger partial charge in [0.15, 0.2) is 47.3 Å². The lowest BCUT2D eigenvalue weighted by atomic mass is 9.97. The fourth-order valence-electron chi connectivity index (χ4n) is 13.9. The molecule has 718 valence electrons. The van der Waals surface area contributed by atoms with Crippen molar-refractivity contribution in [3.05, 3.63) is 245 Å². The number of hydrogen-bond acceptors (Lipinski definition) is 21. The van der Waals surface area contributed by atoms with Gasteiger partial charge >= 0.3 is 0 Å². The molecular weight excluding hydrogens is 1670 g/mol. The molecule has 2 unspecified atom stereocenters. The van der Waals surface area contributed by atoms with Crippen molar-refractivity contribution in [2.45, 2.75) is 274 Å². The molecule has 0 aliphatic carbocycles. The second kappa shape index (κ2) is 58.8. The first-order valence-corrected chi connectivity index (χ1v) is 46.0. The summed E-state index contributed by atoms with van der Waals surface area (Å²) >= 11 is 0. The van der Waals surface area contributed by atoms with Gasteiger partial charge in [0.1, 0.15) is 74.7 Å². The van der Waals surface area contributed by atoms with Crippen LogP contribution in [0.2, 0.25) is 0 Å². The molecule has 2 fully saturated rings. The third-order valence-electron chi connectivity index (χ3n) is 21.6. The lowest BCUT2D eigenvalue weighted by molar-refractivity contribution is -0.106. The summed E-state index contributed by atoms with van der Waals surface area (Å²) < 4.78 is 44.8. The Balaban J connectivity index is 0.000000334. The second-order valence-corrected chi connectivity index (χ2v) is 34.8. The molecule has 0 bridgehead atoms. The van der Waals surface area contributed by atoms with Crippen LogP contribution in [0, 0.1) is 11.8 Å². The quantitative estimate of drug-likeness (QED) is 0.0107. The van der Waals surface area contributed by atoms with Crippen LogP contribution in [0.3, 0.4) is 0 Å². The molecule has 2 heterocycles. The summed E-state index contributed by atoms with van der Waals surface area (Å²) in [6, 6.07) is 26.7. The van der Waals surface area contributed by atoms with Gasteiger partial charge in [-0.3, -0.25) is 28.8 Å². The molecule has 7 N–H and O–H groups in total. The highest BCUT2D eigenvalue weighted by atomic mass is 16.7. The summed E-state index contributed by atoms with van der Waals surface area (Å²) in [5.74, 6) is 4.05. The van der Waals surface area contributed by atoms with Gasteiger partial charge < -0.3 is 73.6 Å². The van der Waals surface area contributed by atoms with E-state index in [4.69, 9.17) is 37.9 Å². The molecule has 0 radical (unpaired) electrons. The maximum absolute atomic E-state index is 12.5. The molecule has 2 aliphatic rings. The van der Waals surface area contributed by atoms with E-state index in [9.17, 15) is 64.5 Å². The molecule has 0 saturated carbocycles. The van der Waals surface area contributed by atoms with Crippen LogP contribution in [-0.2, 0) is 48.0 Å². The van der Waals surface area contributed by atoms with Crippen molar-refractivity contribution < 1.29 is 102 Å². The maximum Gasteiger partial charge on any atom is 0.199 e. The van der Waals surface area contributed by atoms with Crippen LogP contribution in [0.1, 0.15) is 324 Å². The van der Waals surface area contributed by atoms with E-state index < -0.39 is 0 Å². The molecule has 7 aromatic carbocycles. The number of benzene rings is 7. The SMILES string of the molecule is CC(=O)c1ccc(OC2CCCCO2)c(C/C=C(\C)CCC=C(C)C)c1O.CC(=O)c1ccc(OC2CCCCO2)c(CC=C(C)C)c1O.CCOc1ccc(C(C)=O)c(O)c1C/C=C(\C)CCC=C(C)C.CCOc1ccc(C(C)=O)c(O)c1CC=C(C)C.COc1ccc(C(=O)/C=C/c2ccc(O)cc2)c(O)c1CCC(C)C.COc1ccc(C(C)=O)c(O)c1CCC(C)C. The van der Waals surface area contributed by atoms with Crippen molar-refractivity contribution in [1.29, 1.82) is 0 Å². The molecular formula is C111H148O21. The van der Waals surface area contributed by atoms with Crippen molar-refractivity contribution in [3.63, 3.8) is 0 Å². The number of phenolic OH excluding ortho intramolecular Hbond substituents is 7. The molecule has 21 heteroatoms. The van der Waals surface area contributed by atoms with Gasteiger partial charge in [-0.2, -0.15) is 0 Å². The number of Topliss-reactive ketones (excluding diaryl/α,β-unsaturated/α-hetero) is 5. The van der Waals surface area contributed by atoms with Gasteiger partial charge in [-0.05, 0) is 329 Å². The largest absolute Gasteiger partial charge is 0.508 e. The van der Waals surface area contributed by atoms with Crippen molar-refractivity contribution in [2.24, 2.45) is 11.8 Å². The number of rotatable bonds is 38. The Kier molecular flexibility index (Phi) is 50.0. The van der Waals surface area contributed by atoms with E-state index in [2.05, 4.69) is 93.5 Å². The summed E-state index contributed by atoms with van der Waals surface area (Å²) in [5, 5.41) is 71.5. The molecule has 9 rings (SSSR count). The monoisotopic (exact) mass is 1820 g/mol. The number of allylic oxidation sites excluding steroid dienone is 13. The predicted molar refractivity (Wildman–Crippen MR) is 529 cm³/mol. The first-order valence-electron chi connectivity index (χ1n) is 46.0. The van der Waals surface area contributed by atoms with Gasteiger partial charge in [-0.25, -0.2) is 0 Å². The van der Waals surface area contributed by atoms with Crippen molar-refractivity contribution in [2.75, 3.05) is 40.6 Å². The molecule has 0 aromatic heterocycles. The minimum Gasteiger partial charge on any atom is -0.508 e. The molecule has 2 saturated heterocycles. The summed E-state index contributed by atoms with van der Waals surface area (Å²) in [7, 11) is 3.13. The highest BCUT2D eigenvalue weighted by molar-refractivity contribution is 6.09. The number of methoxy groups -OCH3 is 2. The Hall–Kier alpha value is -11.9. The smallest absolute Gasteiger partial charge is 0.199 e. The maximum atomic E-state index is 12.5. The molecule has 2 atom stereocenters. The lowest BCUT2D eigenvalue weighted by Crippen LogP contribution is -2.25. The topological polar surface area (TPSA) is 318 Å². The Bertz CT molecular complexity index is 5150. The van der Waals surface area contributed by atoms with Crippen LogP contribution in [0.15, 0.2) is 173 Å². The lowest BCUT2D eigenvalue weighted by Gasteiger charge is -2.25. The third-order valence-corrected chi connectivity index (χ3v) is 21.6. The zero-order valence-electron chi connectivity index (χ0n) is 82.6. The summed E-state index contributed by atoms with van der Waals surface area (Å²) in [6.45, 7) is 42.5. The van der Waals surface area contributed by atoms with Crippen molar-refractivity contribution in [3.8, 4) is 74.7 Å². The van der Waals surface area contributed by atoms with Crippen LogP contribution in [0.25, 0.3) is 6.08 Å². The Morgan fingerprint density at radius 1 is 0.364 bits per heavy atom. The summed E-state index contributed by atoms with van der Waals surface area (Å²) in [4.78, 5) is 70.3. The normalized spacial score (nSPS) is 13.4. The zero-order valence-corrected chi connectivity index (χ0v) is 82.6. The van der Waals surface area contributed by atoms with Gasteiger partial charge in [0.2, 0.25) is 0 Å². The number of hydrogen-bond donors (Lipinski definition) is 7. The molecule has 132 heavy (non-hydrogen) atoms. The summed E-state index contributed by atoms with van der Waals surface area (Å²) in [5.41, 5.74) is 14.3. The third kappa shape index (κ3) is 38.5. The number of ketones is 6. The van der Waals surface area contributed by atoms with E-state index in [-0.39, 0.29) is 93.1 Å². The Morgan fingerprint density at radius 2 is 0.659 bits per heavy atom. The highest BCUT2D eigenvalue weighted by Gasteiger charge is 2.26. The van der Waals surface area contributed by atoms with Crippen LogP contribution in [-0.4, -0.2) is 124 Å². The van der Waals surface area contributed by atoms with Gasteiger partial charge in [-0.1, -0.05) is 116 Å². The van der Waals surface area contributed by atoms with Gasteiger partial charge in [0.25, 0.3) is 0 Å². The Labute approximate surface area is 785 Å². The van der Waals surface area contributed by atoms with E-state index in [0.29, 0.717) is 167 Å². The van der Waals surface area contributed by atoms with E-state index in [1.54, 1.807) is 117 Å². The molecule has 7 aromatic rings. The average molecular weight is 1820 g/mol. The van der Waals surface area contributed by atoms with Gasteiger partial charge in [0.05, 0.1) is 74.0 Å². The fraction of sp³-hybridized carbons (Fsp3) is 0.441. The fourth-order valence-corrected chi connectivity index (χ4v) is 13.9. The van der Waals surface area contributed by atoms with Crippen LogP contribution < -0.4 is 28.4 Å². The van der Waals surface area contributed by atoms with Crippen molar-refractivity contribution >= 4 is 40.8 Å². The first-order chi connectivity index (χ1) is 62.6. The zero-order chi connectivity index (χ0) is 98.4. The minimum atomic E-state index is -0.289. The van der Waals surface area contributed by atoms with Crippen LogP contribution in [0.5, 0.6) is 74.7 Å². The average Bonchev–Trinajstić information content (AvgIpc) is 0.840. The van der Waals surface area contributed by atoms with E-state index in [0.717, 1.165) is 99.3 Å². The van der Waals surface area contributed by atoms with Gasteiger partial charge in [-0.15, -0.1) is 0 Å². The van der Waals surface area contributed by atoms with Crippen LogP contribution in [0.4, 0.5) is 0 Å². The summed E-state index contributed by atoms with van der Waals surface area (Å²) in [6.07, 6.45) is 30.4. The highest BCUT2D eigenvalue weighted by Crippen LogP contribution is 2.41. The van der Waals surface area contributed by atoms with Crippen LogP contribution >= 0.6 is 0 Å². The number of aromatic hydroxyl groups is 7. The second-order valence-electron chi connectivity index (χ2n) is 34.8. The standard InChI is InChI=1S/C23H32O4.C21H24O4.C20H28O3.C18H24O4.C15H20O3.C14H20O3/c1-16(2)8-7-9-17(3)11-12-20-21(27-22-10-5-6-15-26-22)14-13-19(18(4)24)23(20)25;1-14(2)4-10-18-20(25-3)13-11-17(21(18)24)19(23)12-7-15-5-8-16(22)9-6-15;1-6-23-19-13-12-17(16(5)21)20(22)18(19)11-10-15(4)9-7-8-14(2)3;1-12(2)7-8-15-16(22-17-6-4-5-11-21-17)10-9-14(13(3)19)18(15)20;1-5-18-14-9-8-12(11(4)16)15(17)13(14)7-6-10(2)3;1-9(2)5-6-12-13(17-4)8-7-11(10(3)15)14(12)16/h8,11,13-14,22,25H,5-7,9-10,12,15H2,1-4H3;5-9,11-14,22,24H,4,10H2,1-3H3;8,10,12-13,22H,6-7,9,11H2,1-5H3;7,9-10,17,20H,4-6,8,11H2,1-3H3;6,8-9,17H,5,7H2,1-4H3;7-9,16H,5-6H2,1-4H3/b17-11+;12-7+;15-10+;;;. The van der Waals surface area contributed by atoms with E-state index in [1.165, 1.54) is 63.0 Å². The first kappa shape index (κ1) is 112. The predicted octanol–water partition coefficient (Wildman–Crippen LogP) is 26.3. The molecule has 0 spiro atoms. The van der Waals surface area contributed by atoms with E-state index in [1.807, 2.05) is 53.7 Å². The minimum absolute atomic E-state index is 0.0123. The molecule has 0 amide bonds. The van der Waals surface area contributed by atoms with E-state index >= 15 is 0 Å². The van der Waals surface area contributed by atoms with Crippen molar-refractivity contribution in [1.82, 2.24) is 0 Å². The molecule has 2 aliphatic heterocycles. The number of carbonyl (C=O) groups is 6.